The van der Waals surface area contributed by atoms with Gasteiger partial charge in [0.05, 0.1) is 0 Å². The van der Waals surface area contributed by atoms with Crippen molar-refractivity contribution in [2.24, 2.45) is 0 Å². The van der Waals surface area contributed by atoms with E-state index in [-0.39, 0.29) is 11.8 Å². The first-order chi connectivity index (χ1) is 13.9. The summed E-state index contributed by atoms with van der Waals surface area (Å²) in [4.78, 5) is 39.7. The number of esters is 1. The predicted octanol–water partition coefficient (Wildman–Crippen LogP) is 2.92. The summed E-state index contributed by atoms with van der Waals surface area (Å²) in [5, 5.41) is 0. The minimum Gasteiger partial charge on any atom is -0.427 e. The van der Waals surface area contributed by atoms with Gasteiger partial charge in [0.15, 0.2) is 0 Å². The van der Waals surface area contributed by atoms with Crippen molar-refractivity contribution in [2.75, 3.05) is 26.2 Å². The summed E-state index contributed by atoms with van der Waals surface area (Å²) in [6.07, 6.45) is 3.39. The Balaban J connectivity index is 1.56. The standard InChI is InChI=1S/C23H24N2O4/c1-17-5-3-6-19(15-17)9-10-22(27)24-11-13-25(14-12-24)23(28)20-7-4-8-21(16-20)29-18(2)26/h3-10,15-16H,11-14H2,1-2H3/b10-9+. The van der Waals surface area contributed by atoms with Crippen LogP contribution in [-0.2, 0) is 9.59 Å². The quantitative estimate of drug-likeness (QED) is 0.456. The third-order valence-corrected chi connectivity index (χ3v) is 4.68. The largest absolute Gasteiger partial charge is 0.427 e. The number of ether oxygens (including phenoxy) is 1. The van der Waals surface area contributed by atoms with Crippen molar-refractivity contribution >= 4 is 23.9 Å². The van der Waals surface area contributed by atoms with E-state index in [1.807, 2.05) is 37.3 Å². The minimum absolute atomic E-state index is 0.0598. The Hall–Kier alpha value is -3.41. The Kier molecular flexibility index (Phi) is 6.44. The molecule has 1 saturated heterocycles. The molecule has 1 heterocycles. The monoisotopic (exact) mass is 392 g/mol. The first-order valence-electron chi connectivity index (χ1n) is 9.54. The van der Waals surface area contributed by atoms with Crippen LogP contribution in [0.1, 0.15) is 28.4 Å². The molecule has 6 heteroatoms. The van der Waals surface area contributed by atoms with Gasteiger partial charge in [0, 0.05) is 44.7 Å². The van der Waals surface area contributed by atoms with Crippen molar-refractivity contribution in [2.45, 2.75) is 13.8 Å². The number of carbonyl (C=O) groups is 3. The van der Waals surface area contributed by atoms with Gasteiger partial charge in [-0.2, -0.15) is 0 Å². The Morgan fingerprint density at radius 1 is 0.931 bits per heavy atom. The van der Waals surface area contributed by atoms with Crippen molar-refractivity contribution in [3.8, 4) is 5.75 Å². The number of rotatable bonds is 4. The van der Waals surface area contributed by atoms with Gasteiger partial charge < -0.3 is 14.5 Å². The van der Waals surface area contributed by atoms with Gasteiger partial charge in [0.1, 0.15) is 5.75 Å². The van der Waals surface area contributed by atoms with Gasteiger partial charge in [-0.15, -0.1) is 0 Å². The normalized spacial score (nSPS) is 14.1. The molecule has 3 rings (SSSR count). The van der Waals surface area contributed by atoms with E-state index in [2.05, 4.69) is 0 Å². The van der Waals surface area contributed by atoms with Crippen molar-refractivity contribution in [3.05, 3.63) is 71.3 Å². The molecule has 0 saturated carbocycles. The summed E-state index contributed by atoms with van der Waals surface area (Å²) in [7, 11) is 0. The lowest BCUT2D eigenvalue weighted by Gasteiger charge is -2.34. The molecule has 1 aliphatic heterocycles. The summed E-state index contributed by atoms with van der Waals surface area (Å²) in [5.74, 6) is -0.282. The molecule has 0 atom stereocenters. The highest BCUT2D eigenvalue weighted by molar-refractivity contribution is 5.95. The highest BCUT2D eigenvalue weighted by Crippen LogP contribution is 2.16. The number of nitrogens with zero attached hydrogens (tertiary/aromatic N) is 2. The molecule has 0 aliphatic carbocycles. The molecule has 1 fully saturated rings. The van der Waals surface area contributed by atoms with E-state index in [0.29, 0.717) is 37.5 Å². The molecular weight excluding hydrogens is 368 g/mol. The van der Waals surface area contributed by atoms with E-state index in [1.54, 1.807) is 40.1 Å². The molecule has 2 aromatic carbocycles. The fraction of sp³-hybridized carbons (Fsp3) is 0.261. The van der Waals surface area contributed by atoms with Crippen LogP contribution in [0.4, 0.5) is 0 Å². The van der Waals surface area contributed by atoms with Gasteiger partial charge in [0.2, 0.25) is 5.91 Å². The topological polar surface area (TPSA) is 66.9 Å². The van der Waals surface area contributed by atoms with Gasteiger partial charge in [-0.3, -0.25) is 14.4 Å². The summed E-state index contributed by atoms with van der Waals surface area (Å²) in [5.41, 5.74) is 2.59. The smallest absolute Gasteiger partial charge is 0.308 e. The van der Waals surface area contributed by atoms with E-state index in [0.717, 1.165) is 11.1 Å². The third kappa shape index (κ3) is 5.54. The molecule has 0 radical (unpaired) electrons. The summed E-state index contributed by atoms with van der Waals surface area (Å²) in [6, 6.07) is 14.5. The maximum atomic E-state index is 12.7. The zero-order valence-electron chi connectivity index (χ0n) is 16.6. The average molecular weight is 392 g/mol. The number of aryl methyl sites for hydroxylation is 1. The number of amides is 2. The minimum atomic E-state index is -0.430. The SMILES string of the molecule is CC(=O)Oc1cccc(C(=O)N2CCN(C(=O)/C=C/c3cccc(C)c3)CC2)c1. The Bertz CT molecular complexity index is 943. The van der Waals surface area contributed by atoms with Crippen molar-refractivity contribution in [3.63, 3.8) is 0 Å². The molecule has 1 aliphatic rings. The van der Waals surface area contributed by atoms with Crippen LogP contribution in [0.5, 0.6) is 5.75 Å². The van der Waals surface area contributed by atoms with Crippen LogP contribution in [0.15, 0.2) is 54.6 Å². The Labute approximate surface area is 170 Å². The number of carbonyl (C=O) groups excluding carboxylic acids is 3. The second-order valence-electron chi connectivity index (χ2n) is 6.99. The molecule has 29 heavy (non-hydrogen) atoms. The highest BCUT2D eigenvalue weighted by atomic mass is 16.5. The summed E-state index contributed by atoms with van der Waals surface area (Å²) in [6.45, 7) is 5.20. The molecule has 2 amide bonds. The fourth-order valence-corrected chi connectivity index (χ4v) is 3.22. The average Bonchev–Trinajstić information content (AvgIpc) is 2.71. The maximum absolute atomic E-state index is 12.7. The van der Waals surface area contributed by atoms with E-state index < -0.39 is 5.97 Å². The van der Waals surface area contributed by atoms with Crippen LogP contribution in [0.3, 0.4) is 0 Å². The zero-order valence-corrected chi connectivity index (χ0v) is 16.6. The first kappa shape index (κ1) is 20.3. The second-order valence-corrected chi connectivity index (χ2v) is 6.99. The predicted molar refractivity (Wildman–Crippen MR) is 110 cm³/mol. The number of piperazine rings is 1. The fourth-order valence-electron chi connectivity index (χ4n) is 3.22. The lowest BCUT2D eigenvalue weighted by Crippen LogP contribution is -2.50. The lowest BCUT2D eigenvalue weighted by molar-refractivity contribution is -0.132. The van der Waals surface area contributed by atoms with Gasteiger partial charge in [0.25, 0.3) is 5.91 Å². The zero-order chi connectivity index (χ0) is 20.8. The second kappa shape index (κ2) is 9.19. The van der Waals surface area contributed by atoms with Crippen LogP contribution < -0.4 is 4.74 Å². The number of benzene rings is 2. The Morgan fingerprint density at radius 3 is 2.31 bits per heavy atom. The van der Waals surface area contributed by atoms with Crippen LogP contribution in [-0.4, -0.2) is 53.8 Å². The van der Waals surface area contributed by atoms with E-state index in [9.17, 15) is 14.4 Å². The molecule has 0 N–H and O–H groups in total. The molecule has 0 unspecified atom stereocenters. The van der Waals surface area contributed by atoms with Crippen molar-refractivity contribution in [1.82, 2.24) is 9.80 Å². The Morgan fingerprint density at radius 2 is 1.62 bits per heavy atom. The van der Waals surface area contributed by atoms with Crippen molar-refractivity contribution in [1.29, 1.82) is 0 Å². The van der Waals surface area contributed by atoms with Crippen LogP contribution in [0.2, 0.25) is 0 Å². The van der Waals surface area contributed by atoms with Gasteiger partial charge in [-0.1, -0.05) is 35.9 Å². The number of hydrogen-bond donors (Lipinski definition) is 0. The van der Waals surface area contributed by atoms with E-state index in [4.69, 9.17) is 4.74 Å². The van der Waals surface area contributed by atoms with Crippen LogP contribution in [0, 0.1) is 6.92 Å². The van der Waals surface area contributed by atoms with Gasteiger partial charge >= 0.3 is 5.97 Å². The molecule has 150 valence electrons. The lowest BCUT2D eigenvalue weighted by atomic mass is 10.1. The molecule has 0 spiro atoms. The highest BCUT2D eigenvalue weighted by Gasteiger charge is 2.24. The summed E-state index contributed by atoms with van der Waals surface area (Å²) >= 11 is 0. The molecule has 6 nitrogen and oxygen atoms in total. The molecule has 0 aromatic heterocycles. The van der Waals surface area contributed by atoms with E-state index in [1.165, 1.54) is 6.92 Å². The first-order valence-corrected chi connectivity index (χ1v) is 9.54. The van der Waals surface area contributed by atoms with Crippen molar-refractivity contribution < 1.29 is 19.1 Å². The van der Waals surface area contributed by atoms with E-state index >= 15 is 0 Å². The van der Waals surface area contributed by atoms with Crippen LogP contribution >= 0.6 is 0 Å². The molecule has 2 aromatic rings. The summed E-state index contributed by atoms with van der Waals surface area (Å²) < 4.78 is 5.04. The maximum Gasteiger partial charge on any atom is 0.308 e. The third-order valence-electron chi connectivity index (χ3n) is 4.68. The molecule has 0 bridgehead atoms. The number of hydrogen-bond acceptors (Lipinski definition) is 4. The van der Waals surface area contributed by atoms with Gasteiger partial charge in [-0.05, 0) is 36.8 Å². The van der Waals surface area contributed by atoms with Gasteiger partial charge in [-0.25, -0.2) is 0 Å². The van der Waals surface area contributed by atoms with Crippen LogP contribution in [0.25, 0.3) is 6.08 Å². The molecular formula is C23H24N2O4.